The fraction of sp³-hybridized carbons (Fsp3) is 0.351. The van der Waals surface area contributed by atoms with E-state index in [0.717, 1.165) is 27.8 Å². The van der Waals surface area contributed by atoms with Gasteiger partial charge in [0.1, 0.15) is 42.7 Å². The van der Waals surface area contributed by atoms with Gasteiger partial charge in [0.05, 0.1) is 46.2 Å². The molecule has 3 saturated heterocycles. The fourth-order valence-electron chi connectivity index (χ4n) is 8.87. The van der Waals surface area contributed by atoms with Crippen LogP contribution in [0, 0.1) is 0 Å². The maximum Gasteiger partial charge on any atom is 0.477 e. The first-order valence-electron chi connectivity index (χ1n) is 24.4. The number of phosphoric ester groups is 1. The molecule has 15 nitrogen and oxygen atoms in total. The van der Waals surface area contributed by atoms with Crippen molar-refractivity contribution in [1.82, 2.24) is 0 Å². The third kappa shape index (κ3) is 14.4. The lowest BCUT2D eigenvalue weighted by Crippen LogP contribution is -2.63. The standard InChI is InChI=1S/C57H61O15P/c1-40(58)68-52-50-47(38-65-55(71-50)46-31-19-8-20-32-46)70-57(54(52)64-36-44-27-15-6-16-28-44)72-73(59,66-37-45-29-17-7-18-30-45)67-39-48-49(61-33-41-21-9-3-10-22-41)51(62-34-42-23-11-4-12-24-42)53(56(60-2)69-48)63-35-43-25-13-5-14-26-43/h3-32,47-57H,33-39H2,1-2H3/t47-,48-,49-,50-,51+,52+,53-,54+,55-,56+,57-,73?/m1/s1. The van der Waals surface area contributed by atoms with E-state index in [1.54, 1.807) is 0 Å². The monoisotopic (exact) mass is 1020 g/mol. The molecule has 0 radical (unpaired) electrons. The van der Waals surface area contributed by atoms with Crippen LogP contribution < -0.4 is 0 Å². The van der Waals surface area contributed by atoms with Crippen molar-refractivity contribution in [3.05, 3.63) is 215 Å². The van der Waals surface area contributed by atoms with Crippen molar-refractivity contribution in [2.24, 2.45) is 0 Å². The van der Waals surface area contributed by atoms with Crippen molar-refractivity contribution in [1.29, 1.82) is 0 Å². The Labute approximate surface area is 426 Å². The molecular formula is C57H61O15P. The number of phosphoric acid groups is 1. The van der Waals surface area contributed by atoms with Crippen LogP contribution in [-0.2, 0) is 103 Å². The van der Waals surface area contributed by atoms with E-state index in [1.807, 2.05) is 182 Å². The van der Waals surface area contributed by atoms with E-state index in [4.69, 9.17) is 60.9 Å². The van der Waals surface area contributed by atoms with E-state index in [-0.39, 0.29) is 39.6 Å². The van der Waals surface area contributed by atoms with Gasteiger partial charge < -0.3 is 47.4 Å². The molecule has 3 heterocycles. The molecule has 16 heteroatoms. The molecule has 0 saturated carbocycles. The summed E-state index contributed by atoms with van der Waals surface area (Å²) in [5.41, 5.74) is 4.98. The molecule has 73 heavy (non-hydrogen) atoms. The zero-order valence-corrected chi connectivity index (χ0v) is 41.6. The Bertz CT molecular complexity index is 2600. The number of hydrogen-bond donors (Lipinski definition) is 0. The molecule has 3 aliphatic rings. The Morgan fingerprint density at radius 3 is 1.42 bits per heavy atom. The van der Waals surface area contributed by atoms with E-state index in [2.05, 4.69) is 0 Å². The van der Waals surface area contributed by atoms with E-state index in [1.165, 1.54) is 14.0 Å². The highest BCUT2D eigenvalue weighted by atomic mass is 31.2. The molecule has 384 valence electrons. The van der Waals surface area contributed by atoms with Crippen LogP contribution in [0.25, 0.3) is 0 Å². The van der Waals surface area contributed by atoms with Crippen LogP contribution in [0.4, 0.5) is 0 Å². The van der Waals surface area contributed by atoms with Crippen molar-refractivity contribution >= 4 is 13.8 Å². The van der Waals surface area contributed by atoms with Crippen LogP contribution in [0.2, 0.25) is 0 Å². The third-order valence-corrected chi connectivity index (χ3v) is 13.9. The Kier molecular flexibility index (Phi) is 18.8. The van der Waals surface area contributed by atoms with E-state index in [9.17, 15) is 4.79 Å². The highest BCUT2D eigenvalue weighted by Gasteiger charge is 2.56. The maximum atomic E-state index is 15.6. The van der Waals surface area contributed by atoms with E-state index in [0.29, 0.717) is 5.56 Å². The Morgan fingerprint density at radius 2 is 0.945 bits per heavy atom. The first-order chi connectivity index (χ1) is 35.8. The topological polar surface area (TPSA) is 154 Å². The minimum atomic E-state index is -4.78. The SMILES string of the molecule is CO[C@H]1O[C@H](COP(=O)(OCc2ccccc2)O[C@H]2O[C@@H]3CO[C@@H](c4ccccc4)O[C@H]3[C@H](OC(C)=O)[C@@H]2OCc2ccccc2)[C@@H](OCc2ccccc2)[C@H](OCc2ccccc2)[C@H]1OCc1ccccc1. The zero-order chi connectivity index (χ0) is 50.2. The number of carbonyl (C=O) groups excluding carboxylic acids is 1. The van der Waals surface area contributed by atoms with Gasteiger partial charge in [-0.15, -0.1) is 0 Å². The fourth-order valence-corrected chi connectivity index (χ4v) is 10.1. The molecule has 12 atom stereocenters. The Balaban J connectivity index is 1.03. The summed E-state index contributed by atoms with van der Waals surface area (Å²) >= 11 is 0. The van der Waals surface area contributed by atoms with Gasteiger partial charge >= 0.3 is 13.8 Å². The van der Waals surface area contributed by atoms with Crippen molar-refractivity contribution in [2.75, 3.05) is 20.3 Å². The van der Waals surface area contributed by atoms with E-state index >= 15 is 4.57 Å². The molecule has 0 bridgehead atoms. The van der Waals surface area contributed by atoms with Crippen molar-refractivity contribution in [3.8, 4) is 0 Å². The summed E-state index contributed by atoms with van der Waals surface area (Å²) in [5, 5.41) is 0. The van der Waals surface area contributed by atoms with Gasteiger partial charge in [-0.1, -0.05) is 182 Å². The lowest BCUT2D eigenvalue weighted by Gasteiger charge is -2.48. The minimum absolute atomic E-state index is 0.00405. The molecule has 3 aliphatic heterocycles. The lowest BCUT2D eigenvalue weighted by atomic mass is 9.97. The van der Waals surface area contributed by atoms with Gasteiger partial charge in [-0.2, -0.15) is 0 Å². The summed E-state index contributed by atoms with van der Waals surface area (Å²) < 4.78 is 99.7. The van der Waals surface area contributed by atoms with Crippen molar-refractivity contribution < 1.29 is 70.3 Å². The predicted molar refractivity (Wildman–Crippen MR) is 266 cm³/mol. The number of ether oxygens (including phenoxy) is 10. The molecule has 6 aromatic carbocycles. The normalized spacial score (nSPS) is 26.8. The van der Waals surface area contributed by atoms with Crippen molar-refractivity contribution in [2.45, 2.75) is 108 Å². The number of methoxy groups -OCH3 is 1. The zero-order valence-electron chi connectivity index (χ0n) is 40.7. The number of esters is 1. The first kappa shape index (κ1) is 52.4. The van der Waals surface area contributed by atoms with Crippen LogP contribution in [0.15, 0.2) is 182 Å². The predicted octanol–water partition coefficient (Wildman–Crippen LogP) is 9.83. The molecule has 9 rings (SSSR count). The quantitative estimate of drug-likeness (QED) is 0.0442. The molecular weight excluding hydrogens is 956 g/mol. The van der Waals surface area contributed by atoms with Gasteiger partial charge in [-0.25, -0.2) is 4.57 Å². The molecule has 3 fully saturated rings. The molecule has 1 unspecified atom stereocenters. The van der Waals surface area contributed by atoms with Crippen LogP contribution in [0.5, 0.6) is 0 Å². The van der Waals surface area contributed by atoms with Crippen LogP contribution >= 0.6 is 7.82 Å². The van der Waals surface area contributed by atoms with Crippen molar-refractivity contribution in [3.63, 3.8) is 0 Å². The summed E-state index contributed by atoms with van der Waals surface area (Å²) in [5.74, 6) is -0.609. The van der Waals surface area contributed by atoms with Gasteiger partial charge in [0.2, 0.25) is 0 Å². The molecule has 0 N–H and O–H groups in total. The second-order valence-electron chi connectivity index (χ2n) is 17.7. The van der Waals surface area contributed by atoms with Crippen LogP contribution in [-0.4, -0.2) is 87.7 Å². The highest BCUT2D eigenvalue weighted by Crippen LogP contribution is 2.54. The Morgan fingerprint density at radius 1 is 0.507 bits per heavy atom. The average molecular weight is 1020 g/mol. The molecule has 6 aromatic rings. The smallest absolute Gasteiger partial charge is 0.457 e. The average Bonchev–Trinajstić information content (AvgIpc) is 3.43. The summed E-state index contributed by atoms with van der Waals surface area (Å²) in [6.07, 6.45) is -11.1. The summed E-state index contributed by atoms with van der Waals surface area (Å²) in [6.45, 7) is 1.28. The second-order valence-corrected chi connectivity index (χ2v) is 19.3. The maximum absolute atomic E-state index is 15.6. The highest BCUT2D eigenvalue weighted by molar-refractivity contribution is 7.48. The summed E-state index contributed by atoms with van der Waals surface area (Å²) in [6, 6.07) is 57.2. The van der Waals surface area contributed by atoms with Gasteiger partial charge in [-0.3, -0.25) is 18.4 Å². The minimum Gasteiger partial charge on any atom is -0.457 e. The first-order valence-corrected chi connectivity index (χ1v) is 25.8. The largest absolute Gasteiger partial charge is 0.477 e. The lowest BCUT2D eigenvalue weighted by molar-refractivity contribution is -0.358. The Hall–Kier alpha value is -5.46. The van der Waals surface area contributed by atoms with E-state index < -0.39 is 88.1 Å². The number of benzene rings is 6. The molecule has 0 amide bonds. The molecule has 0 aliphatic carbocycles. The van der Waals surface area contributed by atoms with Gasteiger partial charge in [0.15, 0.2) is 25.0 Å². The second kappa shape index (κ2) is 26.2. The third-order valence-electron chi connectivity index (χ3n) is 12.5. The number of fused-ring (bicyclic) bond motifs is 1. The summed E-state index contributed by atoms with van der Waals surface area (Å²) in [7, 11) is -3.26. The number of rotatable bonds is 23. The van der Waals surface area contributed by atoms with Gasteiger partial charge in [0, 0.05) is 19.6 Å². The van der Waals surface area contributed by atoms with Crippen LogP contribution in [0.3, 0.4) is 0 Å². The summed E-state index contributed by atoms with van der Waals surface area (Å²) in [4.78, 5) is 13.0. The number of carbonyl (C=O) groups is 1. The molecule has 0 spiro atoms. The van der Waals surface area contributed by atoms with Gasteiger partial charge in [-0.05, 0) is 27.8 Å². The van der Waals surface area contributed by atoms with Crippen LogP contribution in [0.1, 0.15) is 46.6 Å². The number of hydrogen-bond acceptors (Lipinski definition) is 15. The molecule has 0 aromatic heterocycles. The van der Waals surface area contributed by atoms with Gasteiger partial charge in [0.25, 0.3) is 0 Å².